The first-order chi connectivity index (χ1) is 7.79. The quantitative estimate of drug-likeness (QED) is 0.758. The molecule has 0 saturated heterocycles. The molecule has 1 N–H and O–H groups in total. The summed E-state index contributed by atoms with van der Waals surface area (Å²) in [5.74, 6) is 0.962. The zero-order chi connectivity index (χ0) is 11.4. The highest BCUT2D eigenvalue weighted by Gasteiger charge is 2.42. The summed E-state index contributed by atoms with van der Waals surface area (Å²) >= 11 is 0. The Hall–Kier alpha value is -0.970. The summed E-state index contributed by atoms with van der Waals surface area (Å²) < 4.78 is 1.98. The van der Waals surface area contributed by atoms with E-state index in [4.69, 9.17) is 0 Å². The molecule has 2 rings (SSSR count). The van der Waals surface area contributed by atoms with Crippen LogP contribution in [-0.2, 0) is 13.1 Å². The molecule has 0 spiro atoms. The third-order valence-electron chi connectivity index (χ3n) is 3.36. The van der Waals surface area contributed by atoms with Gasteiger partial charge in [-0.2, -0.15) is 0 Å². The van der Waals surface area contributed by atoms with Gasteiger partial charge < -0.3 is 5.32 Å². The molecule has 1 aromatic rings. The van der Waals surface area contributed by atoms with Gasteiger partial charge in [0.1, 0.15) is 0 Å². The maximum absolute atomic E-state index is 4.09. The van der Waals surface area contributed by atoms with Crippen molar-refractivity contribution in [2.75, 3.05) is 6.54 Å². The largest absolute Gasteiger partial charge is 0.310 e. The van der Waals surface area contributed by atoms with Crippen LogP contribution in [0.5, 0.6) is 0 Å². The minimum absolute atomic E-state index is 0.505. The van der Waals surface area contributed by atoms with Crippen molar-refractivity contribution in [2.45, 2.75) is 52.6 Å². The number of rotatable bonds is 7. The van der Waals surface area contributed by atoms with Gasteiger partial charge in [0, 0.05) is 0 Å². The van der Waals surface area contributed by atoms with Crippen molar-refractivity contribution in [3.63, 3.8) is 0 Å². The summed E-state index contributed by atoms with van der Waals surface area (Å²) in [5, 5.41) is 15.2. The van der Waals surface area contributed by atoms with Gasteiger partial charge in [-0.3, -0.25) is 0 Å². The van der Waals surface area contributed by atoms with Crippen molar-refractivity contribution >= 4 is 0 Å². The minimum Gasteiger partial charge on any atom is -0.310 e. The number of hydrogen-bond acceptors (Lipinski definition) is 4. The fraction of sp³-hybridized carbons (Fsp3) is 0.909. The molecule has 1 aliphatic rings. The maximum Gasteiger partial charge on any atom is 0.165 e. The van der Waals surface area contributed by atoms with E-state index >= 15 is 0 Å². The molecule has 0 amide bonds. The van der Waals surface area contributed by atoms with E-state index in [2.05, 4.69) is 34.7 Å². The second kappa shape index (κ2) is 4.91. The van der Waals surface area contributed by atoms with E-state index in [1.807, 2.05) is 4.68 Å². The molecule has 0 bridgehead atoms. The van der Waals surface area contributed by atoms with E-state index < -0.39 is 0 Å². The number of nitrogens with one attached hydrogen (secondary N) is 1. The first-order valence-electron chi connectivity index (χ1n) is 6.25. The zero-order valence-corrected chi connectivity index (χ0v) is 10.2. The smallest absolute Gasteiger partial charge is 0.165 e. The van der Waals surface area contributed by atoms with Crippen molar-refractivity contribution in [3.05, 3.63) is 5.82 Å². The highest BCUT2D eigenvalue weighted by molar-refractivity contribution is 4.94. The van der Waals surface area contributed by atoms with E-state index in [1.54, 1.807) is 0 Å². The molecule has 1 aliphatic carbocycles. The summed E-state index contributed by atoms with van der Waals surface area (Å²) in [6.07, 6.45) is 5.22. The Balaban J connectivity index is 1.96. The molecule has 16 heavy (non-hydrogen) atoms. The summed E-state index contributed by atoms with van der Waals surface area (Å²) in [7, 11) is 0. The van der Waals surface area contributed by atoms with Crippen LogP contribution in [0.2, 0.25) is 0 Å². The van der Waals surface area contributed by atoms with Crippen LogP contribution in [0.1, 0.15) is 45.4 Å². The van der Waals surface area contributed by atoms with Gasteiger partial charge in [0.2, 0.25) is 0 Å². The topological polar surface area (TPSA) is 55.6 Å². The van der Waals surface area contributed by atoms with Crippen LogP contribution in [0.3, 0.4) is 0 Å². The normalized spacial score (nSPS) is 17.6. The Morgan fingerprint density at radius 2 is 2.19 bits per heavy atom. The molecule has 5 nitrogen and oxygen atoms in total. The SMILES string of the molecule is CCCC1(Cn2nnnc2CNCC)CC1. The van der Waals surface area contributed by atoms with E-state index in [1.165, 1.54) is 25.7 Å². The van der Waals surface area contributed by atoms with Crippen LogP contribution >= 0.6 is 0 Å². The molecule has 0 radical (unpaired) electrons. The predicted molar refractivity (Wildman–Crippen MR) is 61.8 cm³/mol. The molecule has 0 atom stereocenters. The van der Waals surface area contributed by atoms with Crippen LogP contribution in [0, 0.1) is 5.41 Å². The standard InChI is InChI=1S/C11H21N5/c1-3-5-11(6-7-11)9-16-10(8-12-4-2)13-14-15-16/h12H,3-9H2,1-2H3. The lowest BCUT2D eigenvalue weighted by Crippen LogP contribution is -2.20. The molecule has 1 fully saturated rings. The number of hydrogen-bond donors (Lipinski definition) is 1. The Morgan fingerprint density at radius 1 is 1.38 bits per heavy atom. The summed E-state index contributed by atoms with van der Waals surface area (Å²) in [4.78, 5) is 0. The number of aromatic nitrogens is 4. The second-order valence-electron chi connectivity index (χ2n) is 4.78. The molecule has 1 aromatic heterocycles. The van der Waals surface area contributed by atoms with Crippen molar-refractivity contribution in [1.82, 2.24) is 25.5 Å². The molecule has 0 unspecified atom stereocenters. The van der Waals surface area contributed by atoms with Gasteiger partial charge in [0.05, 0.1) is 13.1 Å². The minimum atomic E-state index is 0.505. The van der Waals surface area contributed by atoms with E-state index in [-0.39, 0.29) is 0 Å². The Labute approximate surface area is 96.6 Å². The number of tetrazole rings is 1. The van der Waals surface area contributed by atoms with Crippen LogP contribution in [0.15, 0.2) is 0 Å². The van der Waals surface area contributed by atoms with E-state index in [9.17, 15) is 0 Å². The van der Waals surface area contributed by atoms with Crippen LogP contribution in [0.4, 0.5) is 0 Å². The summed E-state index contributed by atoms with van der Waals surface area (Å²) in [6.45, 7) is 7.06. The van der Waals surface area contributed by atoms with Crippen molar-refractivity contribution in [3.8, 4) is 0 Å². The second-order valence-corrected chi connectivity index (χ2v) is 4.78. The molecule has 90 valence electrons. The molecule has 0 aliphatic heterocycles. The van der Waals surface area contributed by atoms with Gasteiger partial charge in [-0.25, -0.2) is 4.68 Å². The van der Waals surface area contributed by atoms with Crippen LogP contribution < -0.4 is 5.32 Å². The van der Waals surface area contributed by atoms with E-state index in [0.29, 0.717) is 5.41 Å². The Kier molecular flexibility index (Phi) is 3.53. The van der Waals surface area contributed by atoms with Gasteiger partial charge in [-0.1, -0.05) is 20.3 Å². The average molecular weight is 223 g/mol. The van der Waals surface area contributed by atoms with Gasteiger partial charge in [0.15, 0.2) is 5.82 Å². The first-order valence-corrected chi connectivity index (χ1v) is 6.25. The summed E-state index contributed by atoms with van der Waals surface area (Å²) in [6, 6.07) is 0. The Bertz CT molecular complexity index is 329. The van der Waals surface area contributed by atoms with Crippen molar-refractivity contribution in [2.24, 2.45) is 5.41 Å². The van der Waals surface area contributed by atoms with Gasteiger partial charge in [0.25, 0.3) is 0 Å². The molecule has 1 saturated carbocycles. The third kappa shape index (κ3) is 2.58. The maximum atomic E-state index is 4.09. The average Bonchev–Trinajstić information content (AvgIpc) is 2.89. The summed E-state index contributed by atoms with van der Waals surface area (Å²) in [5.41, 5.74) is 0.505. The highest BCUT2D eigenvalue weighted by atomic mass is 15.5. The van der Waals surface area contributed by atoms with Gasteiger partial charge in [-0.15, -0.1) is 5.10 Å². The highest BCUT2D eigenvalue weighted by Crippen LogP contribution is 2.50. The van der Waals surface area contributed by atoms with Crippen LogP contribution in [0.25, 0.3) is 0 Å². The lowest BCUT2D eigenvalue weighted by atomic mass is 10.0. The Morgan fingerprint density at radius 3 is 2.81 bits per heavy atom. The predicted octanol–water partition coefficient (Wildman–Crippen LogP) is 1.36. The number of nitrogens with zero attached hydrogens (tertiary/aromatic N) is 4. The fourth-order valence-electron chi connectivity index (χ4n) is 2.22. The first kappa shape index (κ1) is 11.5. The lowest BCUT2D eigenvalue weighted by molar-refractivity contribution is 0.354. The lowest BCUT2D eigenvalue weighted by Gasteiger charge is -2.14. The zero-order valence-electron chi connectivity index (χ0n) is 10.2. The molecule has 5 heteroatoms. The van der Waals surface area contributed by atoms with Crippen molar-refractivity contribution < 1.29 is 0 Å². The van der Waals surface area contributed by atoms with Crippen molar-refractivity contribution in [1.29, 1.82) is 0 Å². The molecular formula is C11H21N5. The van der Waals surface area contributed by atoms with Crippen LogP contribution in [-0.4, -0.2) is 26.8 Å². The van der Waals surface area contributed by atoms with E-state index in [0.717, 1.165) is 25.5 Å². The molecule has 0 aromatic carbocycles. The monoisotopic (exact) mass is 223 g/mol. The van der Waals surface area contributed by atoms with Gasteiger partial charge >= 0.3 is 0 Å². The van der Waals surface area contributed by atoms with Gasteiger partial charge in [-0.05, 0) is 41.6 Å². The molecular weight excluding hydrogens is 202 g/mol. The molecule has 1 heterocycles. The third-order valence-corrected chi connectivity index (χ3v) is 3.36. The fourth-order valence-corrected chi connectivity index (χ4v) is 2.22.